The van der Waals surface area contributed by atoms with Crippen LogP contribution in [0.1, 0.15) is 5.56 Å². The standard InChI is InChI=1S/C73H46N8/c1-75-57-30-36-61(37-31-57)80(62-38-32-58(76-2)33-39-62)65-41-44-72-68(47-65)67-46-64(79(59-19-11-5-12-20-59)60-21-13-6-14-22-60)40-43-71(67)81(72)63-34-27-50(28-35-63)55-29-42-66(56(45-55)49-74)51-23-25-53(26-24-51)70-48-69(52-15-7-3-8-16-52)77-73(78-70)54-17-9-4-10-18-54/h3-48H. The molecule has 13 rings (SSSR count). The normalized spacial score (nSPS) is 10.9. The van der Waals surface area contributed by atoms with Gasteiger partial charge in [-0.1, -0.05) is 170 Å². The van der Waals surface area contributed by atoms with Gasteiger partial charge in [-0.2, -0.15) is 5.26 Å². The van der Waals surface area contributed by atoms with Crippen molar-refractivity contribution in [2.24, 2.45) is 0 Å². The smallest absolute Gasteiger partial charge is 0.187 e. The van der Waals surface area contributed by atoms with Crippen molar-refractivity contribution < 1.29 is 0 Å². The molecule has 378 valence electrons. The summed E-state index contributed by atoms with van der Waals surface area (Å²) in [5, 5.41) is 12.7. The lowest BCUT2D eigenvalue weighted by Crippen LogP contribution is -2.09. The monoisotopic (exact) mass is 1030 g/mol. The maximum Gasteiger partial charge on any atom is 0.187 e. The summed E-state index contributed by atoms with van der Waals surface area (Å²) in [6.45, 7) is 15.3. The Morgan fingerprint density at radius 2 is 0.765 bits per heavy atom. The molecule has 0 N–H and O–H groups in total. The number of anilines is 6. The second kappa shape index (κ2) is 21.4. The zero-order valence-electron chi connectivity index (χ0n) is 43.6. The van der Waals surface area contributed by atoms with Crippen LogP contribution in [0.2, 0.25) is 0 Å². The molecule has 0 saturated heterocycles. The number of aromatic nitrogens is 3. The van der Waals surface area contributed by atoms with E-state index in [0.29, 0.717) is 22.8 Å². The van der Waals surface area contributed by atoms with Crippen molar-refractivity contribution in [2.75, 3.05) is 9.80 Å². The first-order valence-electron chi connectivity index (χ1n) is 26.5. The second-order valence-electron chi connectivity index (χ2n) is 19.5. The van der Waals surface area contributed by atoms with Crippen LogP contribution < -0.4 is 9.80 Å². The first-order chi connectivity index (χ1) is 40.0. The molecule has 0 radical (unpaired) electrons. The van der Waals surface area contributed by atoms with Gasteiger partial charge in [0.2, 0.25) is 0 Å². The van der Waals surface area contributed by atoms with Gasteiger partial charge in [0.1, 0.15) is 0 Å². The number of nitrogens with zero attached hydrogens (tertiary/aromatic N) is 8. The van der Waals surface area contributed by atoms with E-state index in [1.54, 1.807) is 0 Å². The van der Waals surface area contributed by atoms with E-state index in [2.05, 4.69) is 182 Å². The van der Waals surface area contributed by atoms with Crippen molar-refractivity contribution >= 4 is 67.3 Å². The number of benzene rings is 11. The molecule has 8 nitrogen and oxygen atoms in total. The Morgan fingerprint density at radius 1 is 0.358 bits per heavy atom. The average molecular weight is 1040 g/mol. The zero-order valence-corrected chi connectivity index (χ0v) is 43.6. The number of hydrogen-bond acceptors (Lipinski definition) is 5. The molecule has 2 heterocycles. The molecule has 0 bridgehead atoms. The van der Waals surface area contributed by atoms with Crippen molar-refractivity contribution in [3.63, 3.8) is 0 Å². The highest BCUT2D eigenvalue weighted by Crippen LogP contribution is 2.44. The van der Waals surface area contributed by atoms with E-state index in [0.717, 1.165) is 112 Å². The third kappa shape index (κ3) is 9.57. The Labute approximate surface area is 469 Å². The highest BCUT2D eigenvalue weighted by molar-refractivity contribution is 6.12. The third-order valence-corrected chi connectivity index (χ3v) is 14.7. The van der Waals surface area contributed by atoms with Gasteiger partial charge in [-0.05, 0) is 131 Å². The van der Waals surface area contributed by atoms with Crippen LogP contribution in [0.5, 0.6) is 0 Å². The predicted octanol–water partition coefficient (Wildman–Crippen LogP) is 19.8. The molecule has 0 aliphatic rings. The first-order valence-corrected chi connectivity index (χ1v) is 26.5. The van der Waals surface area contributed by atoms with Crippen molar-refractivity contribution in [2.45, 2.75) is 0 Å². The quantitative estimate of drug-likeness (QED) is 0.114. The highest BCUT2D eigenvalue weighted by atomic mass is 15.2. The van der Waals surface area contributed by atoms with Crippen LogP contribution >= 0.6 is 0 Å². The third-order valence-electron chi connectivity index (χ3n) is 14.7. The van der Waals surface area contributed by atoms with Crippen LogP contribution in [0.3, 0.4) is 0 Å². The molecule has 8 heteroatoms. The molecule has 0 aliphatic heterocycles. The largest absolute Gasteiger partial charge is 0.311 e. The highest BCUT2D eigenvalue weighted by Gasteiger charge is 2.21. The average Bonchev–Trinajstić information content (AvgIpc) is 3.98. The minimum atomic E-state index is 0.557. The van der Waals surface area contributed by atoms with Gasteiger partial charge in [0.15, 0.2) is 17.2 Å². The fraction of sp³-hybridized carbons (Fsp3) is 0. The number of para-hydroxylation sites is 2. The van der Waals surface area contributed by atoms with Crippen LogP contribution in [0.15, 0.2) is 279 Å². The maximum absolute atomic E-state index is 10.6. The molecule has 0 unspecified atom stereocenters. The molecule has 0 atom stereocenters. The van der Waals surface area contributed by atoms with Gasteiger partial charge in [0.25, 0.3) is 0 Å². The van der Waals surface area contributed by atoms with E-state index in [-0.39, 0.29) is 0 Å². The molecular formula is C73H46N8. The number of rotatable bonds is 12. The maximum atomic E-state index is 10.6. The van der Waals surface area contributed by atoms with Gasteiger partial charge in [-0.15, -0.1) is 0 Å². The lowest BCUT2D eigenvalue weighted by atomic mass is 9.94. The Balaban J connectivity index is 0.875. The summed E-state index contributed by atoms with van der Waals surface area (Å²) >= 11 is 0. The van der Waals surface area contributed by atoms with Crippen molar-refractivity contribution in [3.05, 3.63) is 307 Å². The van der Waals surface area contributed by atoms with E-state index in [4.69, 9.17) is 23.1 Å². The van der Waals surface area contributed by atoms with E-state index in [1.165, 1.54) is 0 Å². The topological polar surface area (TPSA) is 69.7 Å². The summed E-state index contributed by atoms with van der Waals surface area (Å²) in [6, 6.07) is 97.0. The molecule has 13 aromatic rings. The lowest BCUT2D eigenvalue weighted by Gasteiger charge is -2.26. The fourth-order valence-electron chi connectivity index (χ4n) is 10.7. The summed E-state index contributed by atoms with van der Waals surface area (Å²) in [4.78, 5) is 21.7. The first kappa shape index (κ1) is 49.0. The summed E-state index contributed by atoms with van der Waals surface area (Å²) in [6.07, 6.45) is 0. The van der Waals surface area contributed by atoms with Crippen LogP contribution in [-0.4, -0.2) is 14.5 Å². The minimum Gasteiger partial charge on any atom is -0.311 e. The zero-order chi connectivity index (χ0) is 54.7. The van der Waals surface area contributed by atoms with Gasteiger partial charge >= 0.3 is 0 Å². The lowest BCUT2D eigenvalue weighted by molar-refractivity contribution is 1.18. The number of hydrogen-bond donors (Lipinski definition) is 0. The van der Waals surface area contributed by atoms with Crippen molar-refractivity contribution in [1.29, 1.82) is 5.26 Å². The van der Waals surface area contributed by atoms with Gasteiger partial charge in [-0.25, -0.2) is 19.7 Å². The molecule has 0 aliphatic carbocycles. The molecule has 0 spiro atoms. The molecule has 11 aromatic carbocycles. The predicted molar refractivity (Wildman–Crippen MR) is 330 cm³/mol. The van der Waals surface area contributed by atoms with E-state index >= 15 is 0 Å². The Bertz CT molecular complexity index is 4400. The van der Waals surface area contributed by atoms with E-state index < -0.39 is 0 Å². The van der Waals surface area contributed by atoms with E-state index in [1.807, 2.05) is 127 Å². The van der Waals surface area contributed by atoms with Crippen LogP contribution in [0, 0.1) is 24.5 Å². The second-order valence-corrected chi connectivity index (χ2v) is 19.5. The molecule has 0 amide bonds. The Morgan fingerprint density at radius 3 is 1.25 bits per heavy atom. The van der Waals surface area contributed by atoms with Crippen LogP contribution in [-0.2, 0) is 0 Å². The van der Waals surface area contributed by atoms with Gasteiger partial charge in [0, 0.05) is 67.3 Å². The summed E-state index contributed by atoms with van der Waals surface area (Å²) < 4.78 is 2.32. The summed E-state index contributed by atoms with van der Waals surface area (Å²) in [5.74, 6) is 0.658. The minimum absolute atomic E-state index is 0.557. The fourth-order valence-corrected chi connectivity index (χ4v) is 10.7. The molecule has 81 heavy (non-hydrogen) atoms. The van der Waals surface area contributed by atoms with E-state index in [9.17, 15) is 5.26 Å². The van der Waals surface area contributed by atoms with Crippen molar-refractivity contribution in [1.82, 2.24) is 14.5 Å². The van der Waals surface area contributed by atoms with Gasteiger partial charge in [-0.3, -0.25) is 0 Å². The summed E-state index contributed by atoms with van der Waals surface area (Å²) in [5.41, 5.74) is 18.8. The van der Waals surface area contributed by atoms with Gasteiger partial charge < -0.3 is 14.4 Å². The van der Waals surface area contributed by atoms with Crippen molar-refractivity contribution in [3.8, 4) is 67.9 Å². The molecule has 2 aromatic heterocycles. The van der Waals surface area contributed by atoms with Crippen LogP contribution in [0.4, 0.5) is 45.5 Å². The SMILES string of the molecule is [C-]#[N+]c1ccc(N(c2ccc([N+]#[C-])cc2)c2ccc3c(c2)c2cc(N(c4ccccc4)c4ccccc4)ccc2n3-c2ccc(-c3ccc(-c4ccc(-c5cc(-c6ccccc6)nc(-c6ccccc6)n5)cc4)c(C#N)c3)cc2)cc1. The number of nitriles is 1. The molecule has 0 fully saturated rings. The summed E-state index contributed by atoms with van der Waals surface area (Å²) in [7, 11) is 0. The Hall–Kier alpha value is -11.6. The number of fused-ring (bicyclic) bond motifs is 3. The molecular weight excluding hydrogens is 989 g/mol. The molecule has 0 saturated carbocycles. The van der Waals surface area contributed by atoms with Gasteiger partial charge in [0.05, 0.1) is 47.2 Å². The Kier molecular flexibility index (Phi) is 12.9. The van der Waals surface area contributed by atoms with Crippen LogP contribution in [0.25, 0.3) is 93.3 Å².